The number of hydrogen-bond acceptors (Lipinski definition) is 5. The molecule has 0 spiro atoms. The average Bonchev–Trinajstić information content (AvgIpc) is 2.63. The van der Waals surface area contributed by atoms with E-state index in [0.717, 1.165) is 11.1 Å². The normalized spacial score (nSPS) is 10.1. The Hall–Kier alpha value is -3.02. The lowest BCUT2D eigenvalue weighted by Gasteiger charge is -2.11. The lowest BCUT2D eigenvalue weighted by Crippen LogP contribution is -2.32. The van der Waals surface area contributed by atoms with Gasteiger partial charge in [0, 0.05) is 0 Å². The lowest BCUT2D eigenvalue weighted by molar-refractivity contribution is -0.124. The van der Waals surface area contributed by atoms with Crippen LogP contribution in [0.2, 0.25) is 0 Å². The number of ether oxygens (including phenoxy) is 3. The van der Waals surface area contributed by atoms with Crippen LogP contribution in [0.15, 0.2) is 42.5 Å². The van der Waals surface area contributed by atoms with Gasteiger partial charge in [-0.3, -0.25) is 4.79 Å². The molecule has 0 saturated heterocycles. The third kappa shape index (κ3) is 5.51. The molecule has 1 N–H and O–H groups in total. The van der Waals surface area contributed by atoms with E-state index in [0.29, 0.717) is 17.1 Å². The number of methoxy groups -OCH3 is 1. The first kappa shape index (κ1) is 19.3. The van der Waals surface area contributed by atoms with Gasteiger partial charge in [-0.1, -0.05) is 29.8 Å². The van der Waals surface area contributed by atoms with Crippen LogP contribution in [0.25, 0.3) is 0 Å². The van der Waals surface area contributed by atoms with Crippen molar-refractivity contribution in [3.63, 3.8) is 0 Å². The van der Waals surface area contributed by atoms with E-state index >= 15 is 0 Å². The second kappa shape index (κ2) is 9.46. The SMILES string of the molecule is COc1ccccc1OCCNC(=O)COC(=O)c1ccc(C)cc1C. The molecule has 0 aliphatic carbocycles. The maximum atomic E-state index is 12.0. The van der Waals surface area contributed by atoms with Crippen molar-refractivity contribution >= 4 is 11.9 Å². The van der Waals surface area contributed by atoms with Gasteiger partial charge in [-0.25, -0.2) is 4.79 Å². The summed E-state index contributed by atoms with van der Waals surface area (Å²) in [6.45, 7) is 4.01. The second-order valence-electron chi connectivity index (χ2n) is 5.74. The average molecular weight is 357 g/mol. The Balaban J connectivity index is 1.71. The van der Waals surface area contributed by atoms with Crippen LogP contribution < -0.4 is 14.8 Å². The topological polar surface area (TPSA) is 73.9 Å². The van der Waals surface area contributed by atoms with Crippen LogP contribution in [-0.2, 0) is 9.53 Å². The maximum Gasteiger partial charge on any atom is 0.338 e. The molecule has 0 saturated carbocycles. The number of amides is 1. The van der Waals surface area contributed by atoms with Crippen LogP contribution in [0.1, 0.15) is 21.5 Å². The highest BCUT2D eigenvalue weighted by Gasteiger charge is 2.12. The van der Waals surface area contributed by atoms with Crippen molar-refractivity contribution in [2.45, 2.75) is 13.8 Å². The number of nitrogens with one attached hydrogen (secondary N) is 1. The zero-order valence-electron chi connectivity index (χ0n) is 15.2. The van der Waals surface area contributed by atoms with Crippen molar-refractivity contribution in [1.82, 2.24) is 5.32 Å². The first-order valence-corrected chi connectivity index (χ1v) is 8.28. The minimum absolute atomic E-state index is 0.275. The molecule has 0 unspecified atom stereocenters. The molecular formula is C20H23NO5. The fourth-order valence-electron chi connectivity index (χ4n) is 2.39. The van der Waals surface area contributed by atoms with Crippen molar-refractivity contribution in [3.8, 4) is 11.5 Å². The minimum Gasteiger partial charge on any atom is -0.493 e. The van der Waals surface area contributed by atoms with E-state index in [1.807, 2.05) is 38.1 Å². The zero-order valence-corrected chi connectivity index (χ0v) is 15.2. The van der Waals surface area contributed by atoms with E-state index in [1.165, 1.54) is 0 Å². The summed E-state index contributed by atoms with van der Waals surface area (Å²) in [6.07, 6.45) is 0. The molecule has 0 radical (unpaired) electrons. The number of carbonyl (C=O) groups is 2. The predicted molar refractivity (Wildman–Crippen MR) is 97.7 cm³/mol. The number of rotatable bonds is 8. The summed E-state index contributed by atoms with van der Waals surface area (Å²) in [7, 11) is 1.56. The number of esters is 1. The Kier molecular flexibility index (Phi) is 7.02. The first-order valence-electron chi connectivity index (χ1n) is 8.28. The Labute approximate surface area is 153 Å². The monoisotopic (exact) mass is 357 g/mol. The summed E-state index contributed by atoms with van der Waals surface area (Å²) < 4.78 is 15.8. The van der Waals surface area contributed by atoms with Crippen molar-refractivity contribution in [3.05, 3.63) is 59.2 Å². The highest BCUT2D eigenvalue weighted by atomic mass is 16.5. The van der Waals surface area contributed by atoms with Gasteiger partial charge in [0.2, 0.25) is 0 Å². The standard InChI is InChI=1S/C20H23NO5/c1-14-8-9-16(15(2)12-14)20(23)26-13-19(22)21-10-11-25-18-7-5-4-6-17(18)24-3/h4-9,12H,10-11,13H2,1-3H3,(H,21,22). The van der Waals surface area contributed by atoms with E-state index < -0.39 is 5.97 Å². The van der Waals surface area contributed by atoms with Gasteiger partial charge in [0.1, 0.15) is 6.61 Å². The Morgan fingerprint density at radius 1 is 1.04 bits per heavy atom. The third-order valence-electron chi connectivity index (χ3n) is 3.69. The summed E-state index contributed by atoms with van der Waals surface area (Å²) in [4.78, 5) is 23.8. The first-order chi connectivity index (χ1) is 12.5. The van der Waals surface area contributed by atoms with Crippen LogP contribution in [0.4, 0.5) is 0 Å². The molecule has 0 heterocycles. The van der Waals surface area contributed by atoms with E-state index in [-0.39, 0.29) is 25.7 Å². The Morgan fingerprint density at radius 2 is 1.77 bits per heavy atom. The lowest BCUT2D eigenvalue weighted by atomic mass is 10.1. The quantitative estimate of drug-likeness (QED) is 0.581. The Bertz CT molecular complexity index is 773. The molecule has 0 bridgehead atoms. The fraction of sp³-hybridized carbons (Fsp3) is 0.300. The molecule has 26 heavy (non-hydrogen) atoms. The van der Waals surface area contributed by atoms with Gasteiger partial charge in [0.25, 0.3) is 5.91 Å². The molecule has 0 fully saturated rings. The van der Waals surface area contributed by atoms with Crippen molar-refractivity contribution in [2.75, 3.05) is 26.9 Å². The van der Waals surface area contributed by atoms with Gasteiger partial charge in [0.05, 0.1) is 19.2 Å². The van der Waals surface area contributed by atoms with E-state index in [1.54, 1.807) is 25.3 Å². The van der Waals surface area contributed by atoms with Crippen LogP contribution in [-0.4, -0.2) is 38.7 Å². The summed E-state index contributed by atoms with van der Waals surface area (Å²) in [5, 5.41) is 2.64. The van der Waals surface area contributed by atoms with Crippen LogP contribution >= 0.6 is 0 Å². The summed E-state index contributed by atoms with van der Waals surface area (Å²) in [6, 6.07) is 12.7. The molecule has 2 aromatic rings. The van der Waals surface area contributed by atoms with Crippen LogP contribution in [0.5, 0.6) is 11.5 Å². The van der Waals surface area contributed by atoms with E-state index in [9.17, 15) is 9.59 Å². The molecule has 0 aliphatic heterocycles. The largest absolute Gasteiger partial charge is 0.493 e. The molecule has 6 nitrogen and oxygen atoms in total. The number of carbonyl (C=O) groups excluding carboxylic acids is 2. The van der Waals surface area contributed by atoms with Gasteiger partial charge in [0.15, 0.2) is 18.1 Å². The van der Waals surface area contributed by atoms with Crippen LogP contribution in [0, 0.1) is 13.8 Å². The van der Waals surface area contributed by atoms with Gasteiger partial charge in [-0.05, 0) is 37.6 Å². The smallest absolute Gasteiger partial charge is 0.338 e. The molecule has 2 aromatic carbocycles. The van der Waals surface area contributed by atoms with Gasteiger partial charge >= 0.3 is 5.97 Å². The Morgan fingerprint density at radius 3 is 2.46 bits per heavy atom. The van der Waals surface area contributed by atoms with E-state index in [4.69, 9.17) is 14.2 Å². The van der Waals surface area contributed by atoms with Crippen molar-refractivity contribution in [2.24, 2.45) is 0 Å². The number of aryl methyl sites for hydroxylation is 2. The molecule has 0 aliphatic rings. The van der Waals surface area contributed by atoms with Gasteiger partial charge in [-0.15, -0.1) is 0 Å². The van der Waals surface area contributed by atoms with E-state index in [2.05, 4.69) is 5.32 Å². The highest BCUT2D eigenvalue weighted by molar-refractivity contribution is 5.92. The summed E-state index contributed by atoms with van der Waals surface area (Å²) in [5.41, 5.74) is 2.34. The summed E-state index contributed by atoms with van der Waals surface area (Å²) >= 11 is 0. The molecule has 6 heteroatoms. The zero-order chi connectivity index (χ0) is 18.9. The third-order valence-corrected chi connectivity index (χ3v) is 3.69. The minimum atomic E-state index is -0.511. The molecule has 2 rings (SSSR count). The number of hydrogen-bond donors (Lipinski definition) is 1. The van der Waals surface area contributed by atoms with Crippen LogP contribution in [0.3, 0.4) is 0 Å². The predicted octanol–water partition coefficient (Wildman–Crippen LogP) is 2.66. The number of benzene rings is 2. The summed E-state index contributed by atoms with van der Waals surface area (Å²) in [5.74, 6) is 0.335. The van der Waals surface area contributed by atoms with Gasteiger partial charge in [-0.2, -0.15) is 0 Å². The maximum absolute atomic E-state index is 12.0. The second-order valence-corrected chi connectivity index (χ2v) is 5.74. The van der Waals surface area contributed by atoms with Gasteiger partial charge < -0.3 is 19.5 Å². The van der Waals surface area contributed by atoms with Crippen molar-refractivity contribution in [1.29, 1.82) is 0 Å². The van der Waals surface area contributed by atoms with Crippen molar-refractivity contribution < 1.29 is 23.8 Å². The molecule has 1 amide bonds. The molecule has 0 atom stereocenters. The fourth-order valence-corrected chi connectivity index (χ4v) is 2.39. The molecular weight excluding hydrogens is 334 g/mol. The highest BCUT2D eigenvalue weighted by Crippen LogP contribution is 2.25. The molecule has 0 aromatic heterocycles. The molecule has 138 valence electrons. The number of para-hydroxylation sites is 2.